The molecule has 3 rings (SSSR count). The van der Waals surface area contributed by atoms with Gasteiger partial charge in [0.1, 0.15) is 5.75 Å². The maximum Gasteiger partial charge on any atom is 0.328 e. The summed E-state index contributed by atoms with van der Waals surface area (Å²) >= 11 is 0. The zero-order chi connectivity index (χ0) is 21.2. The molecule has 0 atom stereocenters. The molecule has 2 aliphatic rings. The van der Waals surface area contributed by atoms with Crippen molar-refractivity contribution in [1.29, 1.82) is 0 Å². The number of phenolic OH excluding ortho intramolecular Hbond substituents is 1. The van der Waals surface area contributed by atoms with Gasteiger partial charge in [-0.05, 0) is 36.9 Å². The third-order valence-corrected chi connectivity index (χ3v) is 6.22. The van der Waals surface area contributed by atoms with E-state index < -0.39 is 6.03 Å². The van der Waals surface area contributed by atoms with E-state index in [2.05, 4.69) is 37.9 Å². The van der Waals surface area contributed by atoms with E-state index in [4.69, 9.17) is 0 Å². The minimum Gasteiger partial charge on any atom is -0.507 e. The number of anilines is 1. The fourth-order valence-corrected chi connectivity index (χ4v) is 4.50. The van der Waals surface area contributed by atoms with E-state index in [0.717, 1.165) is 23.4 Å². The van der Waals surface area contributed by atoms with E-state index in [-0.39, 0.29) is 17.7 Å². The number of benzene rings is 1. The van der Waals surface area contributed by atoms with Gasteiger partial charge in [-0.3, -0.25) is 19.9 Å². The van der Waals surface area contributed by atoms with Gasteiger partial charge in [-0.1, -0.05) is 47.0 Å². The average molecular weight is 402 g/mol. The summed E-state index contributed by atoms with van der Waals surface area (Å²) in [6.45, 7) is 10.3. The molecule has 0 unspecified atom stereocenters. The number of aromatic hydroxyl groups is 1. The van der Waals surface area contributed by atoms with Crippen molar-refractivity contribution in [3.8, 4) is 5.75 Å². The molecule has 6 heteroatoms. The number of hydrogen-bond donors (Lipinski definition) is 2. The largest absolute Gasteiger partial charge is 0.507 e. The monoisotopic (exact) mass is 401 g/mol. The van der Waals surface area contributed by atoms with Crippen molar-refractivity contribution in [1.82, 2.24) is 10.2 Å². The summed E-state index contributed by atoms with van der Waals surface area (Å²) in [4.78, 5) is 28.0. The van der Waals surface area contributed by atoms with Crippen LogP contribution in [0.3, 0.4) is 0 Å². The lowest BCUT2D eigenvalue weighted by atomic mass is 9.84. The predicted octanol–water partition coefficient (Wildman–Crippen LogP) is 4.29. The maximum atomic E-state index is 12.4. The molecule has 3 amide bonds. The molecule has 1 aliphatic heterocycles. The summed E-state index contributed by atoms with van der Waals surface area (Å²) in [7, 11) is 0. The van der Waals surface area contributed by atoms with Gasteiger partial charge in [-0.15, -0.1) is 0 Å². The van der Waals surface area contributed by atoms with Crippen molar-refractivity contribution in [2.75, 3.05) is 18.0 Å². The summed E-state index contributed by atoms with van der Waals surface area (Å²) < 4.78 is 0. The SMILES string of the molecule is CCN(Cc1cc(N2CCC(=O)NC2=O)cc(C(C)(C)C)c1O)C1CCCCC1. The van der Waals surface area contributed by atoms with Crippen molar-refractivity contribution >= 4 is 17.6 Å². The lowest BCUT2D eigenvalue weighted by Gasteiger charge is -2.35. The first kappa shape index (κ1) is 21.6. The lowest BCUT2D eigenvalue weighted by molar-refractivity contribution is -0.120. The van der Waals surface area contributed by atoms with E-state index in [1.165, 1.54) is 32.1 Å². The van der Waals surface area contributed by atoms with Crippen LogP contribution in [0.15, 0.2) is 12.1 Å². The standard InChI is InChI=1S/C23H35N3O3/c1-5-25(17-9-7-6-8-10-17)15-16-13-18(14-19(21(16)28)23(2,3)4)26-12-11-20(27)24-22(26)29/h13-14,17,28H,5-12,15H2,1-4H3,(H,24,27,29). The quantitative estimate of drug-likeness (QED) is 0.772. The normalized spacial score (nSPS) is 19.0. The highest BCUT2D eigenvalue weighted by molar-refractivity contribution is 6.05. The number of phenols is 1. The predicted molar refractivity (Wildman–Crippen MR) is 115 cm³/mol. The fraction of sp³-hybridized carbons (Fsp3) is 0.652. The number of hydrogen-bond acceptors (Lipinski definition) is 4. The molecule has 2 fully saturated rings. The van der Waals surface area contributed by atoms with E-state index in [1.54, 1.807) is 4.90 Å². The molecule has 160 valence electrons. The zero-order valence-corrected chi connectivity index (χ0v) is 18.3. The van der Waals surface area contributed by atoms with Crippen molar-refractivity contribution in [2.24, 2.45) is 0 Å². The first-order chi connectivity index (χ1) is 13.7. The molecule has 1 heterocycles. The Hall–Kier alpha value is -2.08. The summed E-state index contributed by atoms with van der Waals surface area (Å²) in [5.74, 6) is 0.0831. The number of carbonyl (C=O) groups is 2. The molecule has 1 aromatic carbocycles. The summed E-state index contributed by atoms with van der Waals surface area (Å²) in [6, 6.07) is 3.97. The Morgan fingerprint density at radius 2 is 1.86 bits per heavy atom. The van der Waals surface area contributed by atoms with Crippen LogP contribution in [-0.4, -0.2) is 41.1 Å². The Morgan fingerprint density at radius 1 is 1.17 bits per heavy atom. The van der Waals surface area contributed by atoms with Crippen LogP contribution in [-0.2, 0) is 16.8 Å². The van der Waals surface area contributed by atoms with Gasteiger partial charge in [0, 0.05) is 42.4 Å². The van der Waals surface area contributed by atoms with Gasteiger partial charge in [-0.25, -0.2) is 4.79 Å². The van der Waals surface area contributed by atoms with Gasteiger partial charge < -0.3 is 5.11 Å². The minimum atomic E-state index is -0.391. The van der Waals surface area contributed by atoms with Crippen LogP contribution in [0.4, 0.5) is 10.5 Å². The Bertz CT molecular complexity index is 763. The molecule has 1 saturated carbocycles. The molecule has 2 N–H and O–H groups in total. The Kier molecular flexibility index (Phi) is 6.52. The first-order valence-corrected chi connectivity index (χ1v) is 10.9. The molecule has 29 heavy (non-hydrogen) atoms. The van der Waals surface area contributed by atoms with Crippen LogP contribution in [0.5, 0.6) is 5.75 Å². The van der Waals surface area contributed by atoms with Crippen LogP contribution >= 0.6 is 0 Å². The van der Waals surface area contributed by atoms with Gasteiger partial charge in [0.05, 0.1) is 0 Å². The van der Waals surface area contributed by atoms with Gasteiger partial charge in [0.15, 0.2) is 0 Å². The zero-order valence-electron chi connectivity index (χ0n) is 18.3. The molecule has 0 radical (unpaired) electrons. The number of rotatable bonds is 5. The molecule has 0 bridgehead atoms. The second kappa shape index (κ2) is 8.74. The molecular weight excluding hydrogens is 366 g/mol. The van der Waals surface area contributed by atoms with Crippen molar-refractivity contribution in [2.45, 2.75) is 84.2 Å². The van der Waals surface area contributed by atoms with Crippen molar-refractivity contribution in [3.63, 3.8) is 0 Å². The van der Waals surface area contributed by atoms with E-state index in [9.17, 15) is 14.7 Å². The second-order valence-corrected chi connectivity index (χ2v) is 9.36. The van der Waals surface area contributed by atoms with Gasteiger partial charge in [-0.2, -0.15) is 0 Å². The van der Waals surface area contributed by atoms with Crippen LogP contribution in [0.25, 0.3) is 0 Å². The minimum absolute atomic E-state index is 0.240. The highest BCUT2D eigenvalue weighted by Gasteiger charge is 2.29. The van der Waals surface area contributed by atoms with Gasteiger partial charge in [0.2, 0.25) is 5.91 Å². The molecular formula is C23H35N3O3. The van der Waals surface area contributed by atoms with Crippen LogP contribution in [0.2, 0.25) is 0 Å². The van der Waals surface area contributed by atoms with Crippen molar-refractivity contribution < 1.29 is 14.7 Å². The van der Waals surface area contributed by atoms with Crippen molar-refractivity contribution in [3.05, 3.63) is 23.3 Å². The van der Waals surface area contributed by atoms with Crippen LogP contribution in [0.1, 0.15) is 77.3 Å². The fourth-order valence-electron chi connectivity index (χ4n) is 4.50. The molecule has 0 spiro atoms. The number of amides is 3. The topological polar surface area (TPSA) is 72.9 Å². The van der Waals surface area contributed by atoms with E-state index >= 15 is 0 Å². The number of imide groups is 1. The smallest absolute Gasteiger partial charge is 0.328 e. The highest BCUT2D eigenvalue weighted by atomic mass is 16.3. The molecule has 0 aromatic heterocycles. The van der Waals surface area contributed by atoms with Gasteiger partial charge >= 0.3 is 6.03 Å². The van der Waals surface area contributed by atoms with Gasteiger partial charge in [0.25, 0.3) is 0 Å². The molecule has 1 saturated heterocycles. The van der Waals surface area contributed by atoms with E-state index in [1.807, 2.05) is 12.1 Å². The number of urea groups is 1. The lowest BCUT2D eigenvalue weighted by Crippen LogP contribution is -2.49. The Labute approximate surface area is 174 Å². The van der Waals surface area contributed by atoms with E-state index in [0.29, 0.717) is 24.9 Å². The number of nitrogens with one attached hydrogen (secondary N) is 1. The summed E-state index contributed by atoms with van der Waals surface area (Å²) in [5.41, 5.74) is 2.16. The number of nitrogens with zero attached hydrogens (tertiary/aromatic N) is 2. The first-order valence-electron chi connectivity index (χ1n) is 10.9. The highest BCUT2D eigenvalue weighted by Crippen LogP contribution is 2.38. The summed E-state index contributed by atoms with van der Waals surface area (Å²) in [5, 5.41) is 13.5. The molecule has 6 nitrogen and oxygen atoms in total. The molecule has 1 aromatic rings. The second-order valence-electron chi connectivity index (χ2n) is 9.36. The Balaban J connectivity index is 1.96. The van der Waals surface area contributed by atoms with Crippen LogP contribution < -0.4 is 10.2 Å². The maximum absolute atomic E-state index is 12.4. The average Bonchev–Trinajstić information content (AvgIpc) is 2.67. The van der Waals surface area contributed by atoms with Crippen LogP contribution in [0, 0.1) is 0 Å². The third-order valence-electron chi connectivity index (χ3n) is 6.22. The third kappa shape index (κ3) is 4.92. The molecule has 1 aliphatic carbocycles. The Morgan fingerprint density at radius 3 is 2.45 bits per heavy atom. The number of carbonyl (C=O) groups excluding carboxylic acids is 2. The summed E-state index contributed by atoms with van der Waals surface area (Å²) in [6.07, 6.45) is 6.54.